The average molecular weight is 352 g/mol. The van der Waals surface area contributed by atoms with E-state index in [-0.39, 0.29) is 19.1 Å². The number of phenolic OH excluding ortho intramolecular Hbond substituents is 1. The Morgan fingerprint density at radius 1 is 1.24 bits per heavy atom. The Balaban J connectivity index is 1.77. The Hall–Kier alpha value is -2.90. The normalized spacial score (nSPS) is 14.1. The van der Waals surface area contributed by atoms with E-state index in [9.17, 15) is 23.1 Å². The van der Waals surface area contributed by atoms with Crippen molar-refractivity contribution in [3.05, 3.63) is 47.5 Å². The zero-order valence-electron chi connectivity index (χ0n) is 13.2. The van der Waals surface area contributed by atoms with Gasteiger partial charge < -0.3 is 20.1 Å². The number of nitrogens with zero attached hydrogens (tertiary/aromatic N) is 1. The molecule has 1 aliphatic heterocycles. The van der Waals surface area contributed by atoms with Crippen LogP contribution in [0.2, 0.25) is 0 Å². The largest absolute Gasteiger partial charge is 0.508 e. The minimum atomic E-state index is -4.52. The quantitative estimate of drug-likeness (QED) is 0.889. The van der Waals surface area contributed by atoms with Crippen molar-refractivity contribution in [1.82, 2.24) is 0 Å². The van der Waals surface area contributed by atoms with Gasteiger partial charge in [0.25, 0.3) is 5.91 Å². The first-order chi connectivity index (χ1) is 11.7. The molecule has 0 aliphatic carbocycles. The minimum absolute atomic E-state index is 0.0611. The molecule has 0 unspecified atom stereocenters. The standard InChI is InChI=1S/C17H15F3N2O3/c1-22-14-3-2-12(7-15(14)25-9-16(22)24)21-8-10-4-11(17(18,19)20)6-13(23)5-10/h2-7,21,23H,8-9H2,1H3. The summed E-state index contributed by atoms with van der Waals surface area (Å²) in [5, 5.41) is 12.5. The van der Waals surface area contributed by atoms with Gasteiger partial charge >= 0.3 is 6.18 Å². The second-order valence-corrected chi connectivity index (χ2v) is 5.66. The van der Waals surface area contributed by atoms with Crippen LogP contribution in [0.25, 0.3) is 0 Å². The van der Waals surface area contributed by atoms with Gasteiger partial charge in [0.05, 0.1) is 11.3 Å². The van der Waals surface area contributed by atoms with Gasteiger partial charge in [0, 0.05) is 25.3 Å². The number of carbonyl (C=O) groups is 1. The monoisotopic (exact) mass is 352 g/mol. The van der Waals surface area contributed by atoms with Gasteiger partial charge in [0.1, 0.15) is 11.5 Å². The van der Waals surface area contributed by atoms with E-state index in [4.69, 9.17) is 4.74 Å². The molecule has 0 bridgehead atoms. The first-order valence-corrected chi connectivity index (χ1v) is 7.41. The molecule has 0 aromatic heterocycles. The van der Waals surface area contributed by atoms with Gasteiger partial charge in [0.2, 0.25) is 0 Å². The number of likely N-dealkylation sites (N-methyl/N-ethyl adjacent to an activating group) is 1. The van der Waals surface area contributed by atoms with Crippen molar-refractivity contribution in [3.8, 4) is 11.5 Å². The van der Waals surface area contributed by atoms with Crippen LogP contribution in [0.3, 0.4) is 0 Å². The van der Waals surface area contributed by atoms with Gasteiger partial charge in [0.15, 0.2) is 6.61 Å². The molecule has 3 rings (SSSR count). The smallest absolute Gasteiger partial charge is 0.416 e. The summed E-state index contributed by atoms with van der Waals surface area (Å²) in [5.74, 6) is -0.0906. The number of hydrogen-bond acceptors (Lipinski definition) is 4. The van der Waals surface area contributed by atoms with Crippen molar-refractivity contribution in [2.75, 3.05) is 23.9 Å². The summed E-state index contributed by atoms with van der Waals surface area (Å²) < 4.78 is 43.7. The van der Waals surface area contributed by atoms with Crippen LogP contribution in [-0.2, 0) is 17.5 Å². The van der Waals surface area contributed by atoms with Gasteiger partial charge in [-0.25, -0.2) is 0 Å². The molecule has 0 radical (unpaired) electrons. The fraction of sp³-hybridized carbons (Fsp3) is 0.235. The molecular formula is C17H15F3N2O3. The molecule has 5 nitrogen and oxygen atoms in total. The topological polar surface area (TPSA) is 61.8 Å². The maximum atomic E-state index is 12.8. The summed E-state index contributed by atoms with van der Waals surface area (Å²) in [6, 6.07) is 8.00. The Kier molecular flexibility index (Phi) is 4.20. The number of ether oxygens (including phenoxy) is 1. The van der Waals surface area contributed by atoms with Crippen LogP contribution < -0.4 is 15.0 Å². The van der Waals surface area contributed by atoms with E-state index in [1.165, 1.54) is 11.0 Å². The van der Waals surface area contributed by atoms with Gasteiger partial charge in [-0.05, 0) is 35.9 Å². The van der Waals surface area contributed by atoms with Gasteiger partial charge in [-0.3, -0.25) is 4.79 Å². The van der Waals surface area contributed by atoms with E-state index in [1.807, 2.05) is 0 Å². The molecule has 1 aliphatic rings. The number of alkyl halides is 3. The first kappa shape index (κ1) is 16.9. The number of fused-ring (bicyclic) bond motifs is 1. The molecule has 0 saturated heterocycles. The Morgan fingerprint density at radius 3 is 2.72 bits per heavy atom. The van der Waals surface area contributed by atoms with Crippen LogP contribution in [0.1, 0.15) is 11.1 Å². The zero-order valence-corrected chi connectivity index (χ0v) is 13.2. The van der Waals surface area contributed by atoms with Crippen LogP contribution in [0.15, 0.2) is 36.4 Å². The predicted molar refractivity (Wildman–Crippen MR) is 85.8 cm³/mol. The van der Waals surface area contributed by atoms with Crippen LogP contribution >= 0.6 is 0 Å². The summed E-state index contributed by atoms with van der Waals surface area (Å²) in [6.07, 6.45) is -4.52. The molecule has 0 saturated carbocycles. The summed E-state index contributed by atoms with van der Waals surface area (Å²) in [4.78, 5) is 13.0. The highest BCUT2D eigenvalue weighted by Crippen LogP contribution is 2.35. The maximum absolute atomic E-state index is 12.8. The second-order valence-electron chi connectivity index (χ2n) is 5.66. The third kappa shape index (κ3) is 3.62. The average Bonchev–Trinajstić information content (AvgIpc) is 2.55. The van der Waals surface area contributed by atoms with E-state index in [0.29, 0.717) is 28.8 Å². The number of benzene rings is 2. The Bertz CT molecular complexity index is 821. The number of aromatic hydroxyl groups is 1. The highest BCUT2D eigenvalue weighted by atomic mass is 19.4. The summed E-state index contributed by atoms with van der Waals surface area (Å²) in [5.41, 5.74) is 0.633. The number of nitrogens with one attached hydrogen (secondary N) is 1. The highest BCUT2D eigenvalue weighted by Gasteiger charge is 2.31. The lowest BCUT2D eigenvalue weighted by molar-refractivity contribution is -0.137. The number of halogens is 3. The molecule has 1 heterocycles. The minimum Gasteiger partial charge on any atom is -0.508 e. The second kappa shape index (κ2) is 6.19. The number of amides is 1. The predicted octanol–water partition coefficient (Wildman–Crippen LogP) is 3.38. The molecular weight excluding hydrogens is 337 g/mol. The third-order valence-corrected chi connectivity index (χ3v) is 3.85. The van der Waals surface area contributed by atoms with Crippen molar-refractivity contribution < 1.29 is 27.8 Å². The van der Waals surface area contributed by atoms with E-state index in [2.05, 4.69) is 5.32 Å². The van der Waals surface area contributed by atoms with Crippen molar-refractivity contribution in [2.45, 2.75) is 12.7 Å². The zero-order chi connectivity index (χ0) is 18.2. The molecule has 0 atom stereocenters. The number of carbonyl (C=O) groups excluding carboxylic acids is 1. The SMILES string of the molecule is CN1C(=O)COc2cc(NCc3cc(O)cc(C(F)(F)F)c3)ccc21. The lowest BCUT2D eigenvalue weighted by Gasteiger charge is -2.26. The van der Waals surface area contributed by atoms with Crippen LogP contribution in [0, 0.1) is 0 Å². The van der Waals surface area contributed by atoms with Crippen molar-refractivity contribution >= 4 is 17.3 Å². The van der Waals surface area contributed by atoms with Crippen LogP contribution in [-0.4, -0.2) is 24.7 Å². The fourth-order valence-corrected chi connectivity index (χ4v) is 2.53. The fourth-order valence-electron chi connectivity index (χ4n) is 2.53. The number of anilines is 2. The van der Waals surface area contributed by atoms with E-state index in [0.717, 1.165) is 6.07 Å². The number of hydrogen-bond donors (Lipinski definition) is 2. The summed E-state index contributed by atoms with van der Waals surface area (Å²) in [6.45, 7) is 0.0273. The molecule has 2 aromatic rings. The van der Waals surface area contributed by atoms with Crippen molar-refractivity contribution in [1.29, 1.82) is 0 Å². The van der Waals surface area contributed by atoms with E-state index >= 15 is 0 Å². The lowest BCUT2D eigenvalue weighted by atomic mass is 10.1. The van der Waals surface area contributed by atoms with Gasteiger partial charge in [-0.1, -0.05) is 0 Å². The van der Waals surface area contributed by atoms with Gasteiger partial charge in [-0.15, -0.1) is 0 Å². The molecule has 25 heavy (non-hydrogen) atoms. The maximum Gasteiger partial charge on any atom is 0.416 e. The van der Waals surface area contributed by atoms with Crippen molar-refractivity contribution in [3.63, 3.8) is 0 Å². The van der Waals surface area contributed by atoms with Gasteiger partial charge in [-0.2, -0.15) is 13.2 Å². The van der Waals surface area contributed by atoms with Crippen molar-refractivity contribution in [2.24, 2.45) is 0 Å². The number of phenols is 1. The summed E-state index contributed by atoms with van der Waals surface area (Å²) >= 11 is 0. The van der Waals surface area contributed by atoms with Crippen LogP contribution in [0.4, 0.5) is 24.5 Å². The Morgan fingerprint density at radius 2 is 2.00 bits per heavy atom. The van der Waals surface area contributed by atoms with Crippen LogP contribution in [0.5, 0.6) is 11.5 Å². The van der Waals surface area contributed by atoms with E-state index < -0.39 is 17.5 Å². The van der Waals surface area contributed by atoms with E-state index in [1.54, 1.807) is 25.2 Å². The number of rotatable bonds is 3. The molecule has 132 valence electrons. The molecule has 0 spiro atoms. The Labute approximate surface area is 141 Å². The molecule has 8 heteroatoms. The lowest BCUT2D eigenvalue weighted by Crippen LogP contribution is -2.35. The summed E-state index contributed by atoms with van der Waals surface area (Å²) in [7, 11) is 1.64. The first-order valence-electron chi connectivity index (χ1n) is 7.41. The highest BCUT2D eigenvalue weighted by molar-refractivity contribution is 5.97. The molecule has 2 aromatic carbocycles. The third-order valence-electron chi connectivity index (χ3n) is 3.85. The molecule has 1 amide bonds. The molecule has 0 fully saturated rings. The molecule has 2 N–H and O–H groups in total.